The number of nitrogens with one attached hydrogen (secondary N) is 2. The number of hydrogen-bond donors (Lipinski definition) is 2. The monoisotopic (exact) mass is 422 g/mol. The molecule has 0 spiro atoms. The second-order valence-corrected chi connectivity index (χ2v) is 9.71. The standard InChI is InChI=1S/C19H26N4O5S/c1-2-17(24)21-18-9-13-5-8-23(12-16(13)28-18)29(26,27)14-10-15(20-11-14)19(25)22-6-3-4-7-22/h2,10-11,13,16,18,20H,1,3-9,12H2,(H,21,24). The van der Waals surface area contributed by atoms with Gasteiger partial charge in [-0.1, -0.05) is 6.58 Å². The molecule has 3 aliphatic rings. The highest BCUT2D eigenvalue weighted by Gasteiger charge is 2.43. The summed E-state index contributed by atoms with van der Waals surface area (Å²) < 4.78 is 33.4. The number of likely N-dealkylation sites (tertiary alicyclic amines) is 1. The summed E-state index contributed by atoms with van der Waals surface area (Å²) in [5.74, 6) is -0.265. The van der Waals surface area contributed by atoms with Gasteiger partial charge in [0, 0.05) is 32.4 Å². The van der Waals surface area contributed by atoms with Crippen molar-refractivity contribution in [3.63, 3.8) is 0 Å². The number of fused-ring (bicyclic) bond motifs is 1. The number of hydrogen-bond acceptors (Lipinski definition) is 5. The van der Waals surface area contributed by atoms with Gasteiger partial charge in [0.25, 0.3) is 5.91 Å². The Kier molecular flexibility index (Phi) is 5.50. The topological polar surface area (TPSA) is 112 Å². The Morgan fingerprint density at radius 1 is 1.28 bits per heavy atom. The van der Waals surface area contributed by atoms with Crippen molar-refractivity contribution in [2.75, 3.05) is 26.2 Å². The first-order valence-corrected chi connectivity index (χ1v) is 11.4. The number of nitrogens with zero attached hydrogens (tertiary/aromatic N) is 2. The molecule has 4 heterocycles. The number of aromatic nitrogens is 1. The molecule has 2 N–H and O–H groups in total. The molecule has 3 aliphatic heterocycles. The highest BCUT2D eigenvalue weighted by Crippen LogP contribution is 2.34. The van der Waals surface area contributed by atoms with Gasteiger partial charge >= 0.3 is 0 Å². The van der Waals surface area contributed by atoms with Gasteiger partial charge in [-0.3, -0.25) is 9.59 Å². The smallest absolute Gasteiger partial charge is 0.270 e. The van der Waals surface area contributed by atoms with Crippen LogP contribution in [-0.2, 0) is 19.6 Å². The minimum Gasteiger partial charge on any atom is -0.356 e. The number of carbonyl (C=O) groups is 2. The van der Waals surface area contributed by atoms with Crippen molar-refractivity contribution in [1.82, 2.24) is 19.5 Å². The van der Waals surface area contributed by atoms with Crippen LogP contribution in [-0.4, -0.2) is 72.9 Å². The van der Waals surface area contributed by atoms with Crippen LogP contribution in [0.5, 0.6) is 0 Å². The van der Waals surface area contributed by atoms with Crippen molar-refractivity contribution in [3.8, 4) is 0 Å². The molecule has 10 heteroatoms. The maximum absolute atomic E-state index is 13.1. The summed E-state index contributed by atoms with van der Waals surface area (Å²) in [6, 6.07) is 1.42. The second kappa shape index (κ2) is 7.92. The summed E-state index contributed by atoms with van der Waals surface area (Å²) in [7, 11) is -3.73. The van der Waals surface area contributed by atoms with Crippen LogP contribution >= 0.6 is 0 Å². The van der Waals surface area contributed by atoms with E-state index in [0.29, 0.717) is 38.2 Å². The number of ether oxygens (including phenoxy) is 1. The lowest BCUT2D eigenvalue weighted by Gasteiger charge is -2.32. The summed E-state index contributed by atoms with van der Waals surface area (Å²) in [6.07, 6.45) is 5.16. The summed E-state index contributed by atoms with van der Waals surface area (Å²) in [6.45, 7) is 5.45. The van der Waals surface area contributed by atoms with Crippen LogP contribution < -0.4 is 5.32 Å². The van der Waals surface area contributed by atoms with Crippen molar-refractivity contribution in [2.45, 2.75) is 42.9 Å². The number of rotatable bonds is 5. The van der Waals surface area contributed by atoms with E-state index in [1.807, 2.05) is 0 Å². The predicted octanol–water partition coefficient (Wildman–Crippen LogP) is 0.679. The molecule has 0 radical (unpaired) electrons. The number of amides is 2. The molecule has 1 aromatic rings. The number of H-pyrrole nitrogens is 1. The number of carbonyl (C=O) groups excluding carboxylic acids is 2. The maximum atomic E-state index is 13.1. The van der Waals surface area contributed by atoms with E-state index in [9.17, 15) is 18.0 Å². The molecular weight excluding hydrogens is 396 g/mol. The van der Waals surface area contributed by atoms with Crippen LogP contribution in [0.4, 0.5) is 0 Å². The van der Waals surface area contributed by atoms with E-state index in [-0.39, 0.29) is 35.3 Å². The van der Waals surface area contributed by atoms with Gasteiger partial charge in [-0.2, -0.15) is 4.31 Å². The first-order valence-electron chi connectivity index (χ1n) is 9.94. The lowest BCUT2D eigenvalue weighted by molar-refractivity contribution is -0.120. The molecular formula is C19H26N4O5S. The second-order valence-electron chi connectivity index (χ2n) is 7.77. The lowest BCUT2D eigenvalue weighted by Crippen LogP contribution is -2.45. The third kappa shape index (κ3) is 3.96. The molecule has 1 aromatic heterocycles. The van der Waals surface area contributed by atoms with Gasteiger partial charge in [0.15, 0.2) is 0 Å². The average molecular weight is 423 g/mol. The van der Waals surface area contributed by atoms with E-state index in [4.69, 9.17) is 4.74 Å². The van der Waals surface area contributed by atoms with Crippen molar-refractivity contribution in [2.24, 2.45) is 5.92 Å². The van der Waals surface area contributed by atoms with E-state index in [2.05, 4.69) is 16.9 Å². The quantitative estimate of drug-likeness (QED) is 0.678. The van der Waals surface area contributed by atoms with Gasteiger partial charge in [-0.15, -0.1) is 0 Å². The minimum atomic E-state index is -3.73. The Balaban J connectivity index is 1.43. The van der Waals surface area contributed by atoms with Gasteiger partial charge in [0.2, 0.25) is 15.9 Å². The van der Waals surface area contributed by atoms with E-state index >= 15 is 0 Å². The molecule has 0 saturated carbocycles. The van der Waals surface area contributed by atoms with Crippen molar-refractivity contribution in [1.29, 1.82) is 0 Å². The Labute approximate surface area is 170 Å². The van der Waals surface area contributed by atoms with Crippen LogP contribution in [0.1, 0.15) is 36.2 Å². The number of piperidine rings is 1. The van der Waals surface area contributed by atoms with E-state index < -0.39 is 16.3 Å². The molecule has 2 amide bonds. The minimum absolute atomic E-state index is 0.0907. The molecule has 3 unspecified atom stereocenters. The zero-order valence-corrected chi connectivity index (χ0v) is 17.0. The van der Waals surface area contributed by atoms with Crippen LogP contribution in [0, 0.1) is 5.92 Å². The Hall–Kier alpha value is -2.17. The zero-order valence-electron chi connectivity index (χ0n) is 16.2. The maximum Gasteiger partial charge on any atom is 0.270 e. The normalized spacial score (nSPS) is 27.6. The SMILES string of the molecule is C=CC(=O)NC1CC2CCN(S(=O)(=O)c3c[nH]c(C(=O)N4CCCC4)c3)CC2O1. The highest BCUT2D eigenvalue weighted by atomic mass is 32.2. The van der Waals surface area contributed by atoms with Crippen LogP contribution in [0.2, 0.25) is 0 Å². The molecule has 0 bridgehead atoms. The Morgan fingerprint density at radius 3 is 2.76 bits per heavy atom. The summed E-state index contributed by atoms with van der Waals surface area (Å²) in [5.41, 5.74) is 0.296. The molecule has 0 aliphatic carbocycles. The van der Waals surface area contributed by atoms with E-state index in [1.165, 1.54) is 22.6 Å². The molecule has 0 aromatic carbocycles. The first kappa shape index (κ1) is 20.1. The summed E-state index contributed by atoms with van der Waals surface area (Å²) in [5, 5.41) is 2.72. The third-order valence-electron chi connectivity index (χ3n) is 5.92. The third-order valence-corrected chi connectivity index (χ3v) is 7.76. The van der Waals surface area contributed by atoms with Crippen LogP contribution in [0.25, 0.3) is 0 Å². The largest absolute Gasteiger partial charge is 0.356 e. The van der Waals surface area contributed by atoms with Crippen LogP contribution in [0.15, 0.2) is 29.8 Å². The van der Waals surface area contributed by atoms with Gasteiger partial charge in [-0.05, 0) is 43.7 Å². The van der Waals surface area contributed by atoms with Gasteiger partial charge in [0.05, 0.1) is 6.10 Å². The first-order chi connectivity index (χ1) is 13.9. The Morgan fingerprint density at radius 2 is 2.03 bits per heavy atom. The van der Waals surface area contributed by atoms with Gasteiger partial charge < -0.3 is 19.9 Å². The number of sulfonamides is 1. The zero-order chi connectivity index (χ0) is 20.6. The molecule has 29 heavy (non-hydrogen) atoms. The fourth-order valence-electron chi connectivity index (χ4n) is 4.32. The van der Waals surface area contributed by atoms with E-state index in [0.717, 1.165) is 12.8 Å². The fourth-order valence-corrected chi connectivity index (χ4v) is 5.78. The average Bonchev–Trinajstić information content (AvgIpc) is 3.46. The summed E-state index contributed by atoms with van der Waals surface area (Å²) in [4.78, 5) is 28.6. The molecule has 4 rings (SSSR count). The molecule has 3 atom stereocenters. The number of aromatic amines is 1. The summed E-state index contributed by atoms with van der Waals surface area (Å²) >= 11 is 0. The molecule has 3 fully saturated rings. The van der Waals surface area contributed by atoms with Gasteiger partial charge in [-0.25, -0.2) is 8.42 Å². The van der Waals surface area contributed by atoms with Crippen molar-refractivity contribution in [3.05, 3.63) is 30.6 Å². The van der Waals surface area contributed by atoms with E-state index in [1.54, 1.807) is 4.90 Å². The lowest BCUT2D eigenvalue weighted by atomic mass is 9.94. The fraction of sp³-hybridized carbons (Fsp3) is 0.579. The Bertz CT molecular complexity index is 905. The molecule has 158 valence electrons. The molecule has 3 saturated heterocycles. The predicted molar refractivity (Wildman–Crippen MR) is 104 cm³/mol. The highest BCUT2D eigenvalue weighted by molar-refractivity contribution is 7.89. The van der Waals surface area contributed by atoms with Crippen molar-refractivity contribution >= 4 is 21.8 Å². The molecule has 9 nitrogen and oxygen atoms in total. The van der Waals surface area contributed by atoms with Gasteiger partial charge in [0.1, 0.15) is 16.8 Å². The van der Waals surface area contributed by atoms with Crippen LogP contribution in [0.3, 0.4) is 0 Å². The van der Waals surface area contributed by atoms with Crippen molar-refractivity contribution < 1.29 is 22.7 Å².